The summed E-state index contributed by atoms with van der Waals surface area (Å²) in [6, 6.07) is 13.8. The zero-order valence-corrected chi connectivity index (χ0v) is 17.3. The van der Waals surface area contributed by atoms with Crippen LogP contribution in [0.15, 0.2) is 71.9 Å². The highest BCUT2D eigenvalue weighted by atomic mass is 19.1. The van der Waals surface area contributed by atoms with E-state index in [-0.39, 0.29) is 30.8 Å². The van der Waals surface area contributed by atoms with Crippen molar-refractivity contribution in [2.75, 3.05) is 11.9 Å². The molecule has 0 bridgehead atoms. The molecule has 0 saturated heterocycles. The summed E-state index contributed by atoms with van der Waals surface area (Å²) in [6.45, 7) is -0.235. The molecule has 1 N–H and O–H groups in total. The van der Waals surface area contributed by atoms with Crippen molar-refractivity contribution in [2.24, 2.45) is 5.16 Å². The number of nitrogens with zero attached hydrogens (tertiary/aromatic N) is 2. The first-order chi connectivity index (χ1) is 15.9. The molecule has 0 spiro atoms. The molecule has 4 rings (SSSR count). The summed E-state index contributed by atoms with van der Waals surface area (Å²) in [5.74, 6) is -2.54. The number of urea groups is 1. The van der Waals surface area contributed by atoms with Crippen LogP contribution in [-0.2, 0) is 11.4 Å². The predicted molar refractivity (Wildman–Crippen MR) is 115 cm³/mol. The molecule has 3 aromatic rings. The van der Waals surface area contributed by atoms with E-state index in [0.717, 1.165) is 18.2 Å². The molecule has 3 aromatic carbocycles. The van der Waals surface area contributed by atoms with Crippen molar-refractivity contribution < 1.29 is 27.2 Å². The standard InChI is InChI=1S/C24H19F4N3O2/c25-16-4-3-5-18(10-16)29-24(32)31(13-15-8-9-17(26)11-22(15)28)14-19-12-23(30-33-19)20-6-1-2-7-21(20)27/h1-11,19H,12-14H2,(H,29,32). The van der Waals surface area contributed by atoms with Crippen molar-refractivity contribution in [3.63, 3.8) is 0 Å². The van der Waals surface area contributed by atoms with Gasteiger partial charge < -0.3 is 15.1 Å². The largest absolute Gasteiger partial charge is 0.390 e. The highest BCUT2D eigenvalue weighted by Gasteiger charge is 2.28. The maximum absolute atomic E-state index is 14.3. The van der Waals surface area contributed by atoms with Crippen molar-refractivity contribution in [1.82, 2.24) is 4.90 Å². The summed E-state index contributed by atoms with van der Waals surface area (Å²) in [4.78, 5) is 19.6. The minimum absolute atomic E-state index is 0.0284. The molecule has 0 aromatic heterocycles. The summed E-state index contributed by atoms with van der Waals surface area (Å²) in [5, 5.41) is 6.49. The molecule has 1 unspecified atom stereocenters. The van der Waals surface area contributed by atoms with Gasteiger partial charge in [0.2, 0.25) is 0 Å². The Morgan fingerprint density at radius 2 is 1.76 bits per heavy atom. The van der Waals surface area contributed by atoms with Gasteiger partial charge in [-0.15, -0.1) is 0 Å². The number of benzene rings is 3. The summed E-state index contributed by atoms with van der Waals surface area (Å²) >= 11 is 0. The lowest BCUT2D eigenvalue weighted by atomic mass is 10.0. The lowest BCUT2D eigenvalue weighted by Gasteiger charge is -2.25. The van der Waals surface area contributed by atoms with Crippen molar-refractivity contribution >= 4 is 17.4 Å². The molecule has 0 radical (unpaired) electrons. The van der Waals surface area contributed by atoms with Crippen LogP contribution < -0.4 is 5.32 Å². The molecular weight excluding hydrogens is 438 g/mol. The molecule has 2 amide bonds. The highest BCUT2D eigenvalue weighted by molar-refractivity contribution is 6.01. The molecule has 1 heterocycles. The van der Waals surface area contributed by atoms with Crippen LogP contribution in [0.3, 0.4) is 0 Å². The van der Waals surface area contributed by atoms with E-state index in [1.54, 1.807) is 18.2 Å². The third-order valence-corrected chi connectivity index (χ3v) is 5.08. The molecule has 5 nitrogen and oxygen atoms in total. The normalized spacial score (nSPS) is 15.0. The Kier molecular flexibility index (Phi) is 6.58. The van der Waals surface area contributed by atoms with Gasteiger partial charge in [0.1, 0.15) is 23.3 Å². The zero-order valence-electron chi connectivity index (χ0n) is 17.3. The van der Waals surface area contributed by atoms with Crippen LogP contribution in [-0.4, -0.2) is 29.3 Å². The van der Waals surface area contributed by atoms with Crippen molar-refractivity contribution in [2.45, 2.75) is 19.1 Å². The number of rotatable bonds is 6. The van der Waals surface area contributed by atoms with E-state index < -0.39 is 35.4 Å². The third kappa shape index (κ3) is 5.49. The minimum Gasteiger partial charge on any atom is -0.390 e. The third-order valence-electron chi connectivity index (χ3n) is 5.08. The first-order valence-electron chi connectivity index (χ1n) is 10.1. The maximum atomic E-state index is 14.3. The molecule has 1 aliphatic heterocycles. The number of oxime groups is 1. The van der Waals surface area contributed by atoms with Gasteiger partial charge in [-0.1, -0.05) is 35.5 Å². The first-order valence-corrected chi connectivity index (χ1v) is 10.1. The number of hydrogen-bond donors (Lipinski definition) is 1. The van der Waals surface area contributed by atoms with Gasteiger partial charge in [0.15, 0.2) is 6.10 Å². The Balaban J connectivity index is 1.51. The fraction of sp³-hybridized carbons (Fsp3) is 0.167. The number of halogens is 4. The quantitative estimate of drug-likeness (QED) is 0.499. The SMILES string of the molecule is O=C(Nc1cccc(F)c1)N(Cc1ccc(F)cc1F)CC1CC(c2ccccc2F)=NO1. The molecule has 0 saturated carbocycles. The number of anilines is 1. The number of carbonyl (C=O) groups excluding carboxylic acids is 1. The fourth-order valence-corrected chi connectivity index (χ4v) is 3.47. The summed E-state index contributed by atoms with van der Waals surface area (Å²) in [6.07, 6.45) is -0.405. The monoisotopic (exact) mass is 457 g/mol. The van der Waals surface area contributed by atoms with Gasteiger partial charge in [-0.3, -0.25) is 0 Å². The Hall–Kier alpha value is -3.88. The minimum atomic E-state index is -0.811. The smallest absolute Gasteiger partial charge is 0.322 e. The summed E-state index contributed by atoms with van der Waals surface area (Å²) in [5.41, 5.74) is 0.969. The second-order valence-corrected chi connectivity index (χ2v) is 7.51. The van der Waals surface area contributed by atoms with E-state index >= 15 is 0 Å². The van der Waals surface area contributed by atoms with Gasteiger partial charge in [-0.05, 0) is 30.3 Å². The molecular formula is C24H19F4N3O2. The lowest BCUT2D eigenvalue weighted by Crippen LogP contribution is -2.40. The first kappa shape index (κ1) is 22.3. The average molecular weight is 457 g/mol. The van der Waals surface area contributed by atoms with E-state index in [2.05, 4.69) is 10.5 Å². The molecule has 9 heteroatoms. The van der Waals surface area contributed by atoms with Crippen LogP contribution in [0.1, 0.15) is 17.5 Å². The molecule has 170 valence electrons. The predicted octanol–water partition coefficient (Wildman–Crippen LogP) is 5.47. The Bertz CT molecular complexity index is 1200. The number of nitrogens with one attached hydrogen (secondary N) is 1. The summed E-state index contributed by atoms with van der Waals surface area (Å²) < 4.78 is 55.1. The van der Waals surface area contributed by atoms with Gasteiger partial charge in [0.25, 0.3) is 0 Å². The zero-order chi connectivity index (χ0) is 23.4. The van der Waals surface area contributed by atoms with Crippen LogP contribution in [0.4, 0.5) is 28.0 Å². The van der Waals surface area contributed by atoms with E-state index in [0.29, 0.717) is 11.3 Å². The van der Waals surface area contributed by atoms with Crippen LogP contribution in [0.2, 0.25) is 0 Å². The summed E-state index contributed by atoms with van der Waals surface area (Å²) in [7, 11) is 0. The van der Waals surface area contributed by atoms with Gasteiger partial charge in [0, 0.05) is 29.3 Å². The number of carbonyl (C=O) groups is 1. The van der Waals surface area contributed by atoms with Crippen molar-refractivity contribution in [1.29, 1.82) is 0 Å². The Morgan fingerprint density at radius 1 is 0.970 bits per heavy atom. The van der Waals surface area contributed by atoms with Crippen LogP contribution in [0.5, 0.6) is 0 Å². The van der Waals surface area contributed by atoms with E-state index in [9.17, 15) is 22.4 Å². The molecule has 0 aliphatic carbocycles. The fourth-order valence-electron chi connectivity index (χ4n) is 3.47. The van der Waals surface area contributed by atoms with Crippen LogP contribution >= 0.6 is 0 Å². The average Bonchev–Trinajstić information content (AvgIpc) is 3.23. The molecule has 1 atom stereocenters. The molecule has 1 aliphatic rings. The van der Waals surface area contributed by atoms with Gasteiger partial charge in [-0.2, -0.15) is 0 Å². The van der Waals surface area contributed by atoms with Gasteiger partial charge in [0.05, 0.1) is 18.8 Å². The Labute approximate surface area is 187 Å². The van der Waals surface area contributed by atoms with E-state index in [4.69, 9.17) is 4.84 Å². The lowest BCUT2D eigenvalue weighted by molar-refractivity contribution is 0.0606. The maximum Gasteiger partial charge on any atom is 0.322 e. The highest BCUT2D eigenvalue weighted by Crippen LogP contribution is 2.22. The van der Waals surface area contributed by atoms with Crippen molar-refractivity contribution in [3.8, 4) is 0 Å². The second-order valence-electron chi connectivity index (χ2n) is 7.51. The molecule has 33 heavy (non-hydrogen) atoms. The van der Waals surface area contributed by atoms with Crippen LogP contribution in [0, 0.1) is 23.3 Å². The second kappa shape index (κ2) is 9.72. The van der Waals surface area contributed by atoms with E-state index in [1.165, 1.54) is 35.2 Å². The van der Waals surface area contributed by atoms with Crippen LogP contribution in [0.25, 0.3) is 0 Å². The number of amides is 2. The Morgan fingerprint density at radius 3 is 2.52 bits per heavy atom. The molecule has 0 fully saturated rings. The van der Waals surface area contributed by atoms with Crippen molar-refractivity contribution in [3.05, 3.63) is 101 Å². The van der Waals surface area contributed by atoms with Gasteiger partial charge in [-0.25, -0.2) is 22.4 Å². The number of hydrogen-bond acceptors (Lipinski definition) is 3. The van der Waals surface area contributed by atoms with Gasteiger partial charge >= 0.3 is 6.03 Å². The topological polar surface area (TPSA) is 53.9 Å². The van der Waals surface area contributed by atoms with E-state index in [1.807, 2.05) is 0 Å².